The molecule has 6 heteroatoms. The van der Waals surface area contributed by atoms with Gasteiger partial charge < -0.3 is 10.2 Å². The maximum Gasteiger partial charge on any atom is 0.241 e. The summed E-state index contributed by atoms with van der Waals surface area (Å²) < 4.78 is 0. The Morgan fingerprint density at radius 1 is 1.20 bits per heavy atom. The van der Waals surface area contributed by atoms with Crippen molar-refractivity contribution in [3.8, 4) is 0 Å². The second kappa shape index (κ2) is 8.12. The molecule has 0 aromatic heterocycles. The molecule has 0 unspecified atom stereocenters. The first kappa shape index (κ1) is 16.8. The van der Waals surface area contributed by atoms with Gasteiger partial charge in [0.05, 0.1) is 13.0 Å². The van der Waals surface area contributed by atoms with Crippen LogP contribution in [0.1, 0.15) is 19.4 Å². The van der Waals surface area contributed by atoms with E-state index in [9.17, 15) is 9.59 Å². The second-order valence-corrected chi connectivity index (χ2v) is 5.10. The summed E-state index contributed by atoms with van der Waals surface area (Å²) in [7, 11) is 0. The fourth-order valence-corrected chi connectivity index (χ4v) is 2.16. The van der Waals surface area contributed by atoms with E-state index >= 15 is 0 Å². The topological polar surface area (TPSA) is 49.4 Å². The van der Waals surface area contributed by atoms with Gasteiger partial charge in [-0.2, -0.15) is 0 Å². The number of halogens is 2. The fraction of sp³-hybridized carbons (Fsp3) is 0.429. The molecule has 0 aliphatic heterocycles. The average Bonchev–Trinajstić information content (AvgIpc) is 2.42. The van der Waals surface area contributed by atoms with E-state index in [1.54, 1.807) is 23.1 Å². The Kier molecular flexibility index (Phi) is 6.82. The normalized spacial score (nSPS) is 10.2. The molecule has 0 bridgehead atoms. The van der Waals surface area contributed by atoms with Gasteiger partial charge in [-0.05, 0) is 37.6 Å². The van der Waals surface area contributed by atoms with Crippen molar-refractivity contribution in [3.63, 3.8) is 0 Å². The van der Waals surface area contributed by atoms with Gasteiger partial charge in [-0.15, -0.1) is 0 Å². The monoisotopic (exact) mass is 316 g/mol. The van der Waals surface area contributed by atoms with Crippen LogP contribution in [0.3, 0.4) is 0 Å². The summed E-state index contributed by atoms with van der Waals surface area (Å²) in [5, 5.41) is 3.61. The van der Waals surface area contributed by atoms with Crippen LogP contribution in [0.5, 0.6) is 0 Å². The molecular weight excluding hydrogens is 299 g/mol. The lowest BCUT2D eigenvalue weighted by atomic mass is 10.1. The first-order valence-electron chi connectivity index (χ1n) is 6.46. The standard InChI is InChI=1S/C14H18Cl2N2O2/c1-3-18(4-2)14(20)9-17-13(19)8-10-7-11(15)5-6-12(10)16/h5-7H,3-4,8-9H2,1-2H3,(H,17,19). The van der Waals surface area contributed by atoms with Crippen molar-refractivity contribution >= 4 is 35.0 Å². The summed E-state index contributed by atoms with van der Waals surface area (Å²) in [6.07, 6.45) is 0.102. The van der Waals surface area contributed by atoms with Crippen LogP contribution >= 0.6 is 23.2 Å². The maximum absolute atomic E-state index is 11.8. The van der Waals surface area contributed by atoms with Crippen LogP contribution in [0.2, 0.25) is 10.0 Å². The van der Waals surface area contributed by atoms with Crippen molar-refractivity contribution in [2.24, 2.45) is 0 Å². The molecule has 0 saturated heterocycles. The number of amides is 2. The Labute approximate surface area is 129 Å². The third-order valence-corrected chi connectivity index (χ3v) is 3.52. The smallest absolute Gasteiger partial charge is 0.241 e. The Balaban J connectivity index is 2.52. The van der Waals surface area contributed by atoms with Gasteiger partial charge in [0, 0.05) is 23.1 Å². The number of carbonyl (C=O) groups excluding carboxylic acids is 2. The largest absolute Gasteiger partial charge is 0.347 e. The number of likely N-dealkylation sites (N-methyl/N-ethyl adjacent to an activating group) is 1. The van der Waals surface area contributed by atoms with E-state index in [1.807, 2.05) is 13.8 Å². The average molecular weight is 317 g/mol. The zero-order valence-electron chi connectivity index (χ0n) is 11.6. The van der Waals surface area contributed by atoms with Gasteiger partial charge in [-0.1, -0.05) is 23.2 Å². The van der Waals surface area contributed by atoms with E-state index < -0.39 is 0 Å². The Bertz CT molecular complexity index is 488. The fourth-order valence-electron chi connectivity index (χ4n) is 1.78. The van der Waals surface area contributed by atoms with Crippen molar-refractivity contribution in [2.45, 2.75) is 20.3 Å². The van der Waals surface area contributed by atoms with Crippen molar-refractivity contribution < 1.29 is 9.59 Å². The molecule has 2 amide bonds. The van der Waals surface area contributed by atoms with Crippen LogP contribution in [0.15, 0.2) is 18.2 Å². The third-order valence-electron chi connectivity index (χ3n) is 2.91. The summed E-state index contributed by atoms with van der Waals surface area (Å²) in [4.78, 5) is 25.2. The van der Waals surface area contributed by atoms with Crippen molar-refractivity contribution in [3.05, 3.63) is 33.8 Å². The molecule has 0 heterocycles. The van der Waals surface area contributed by atoms with Crippen LogP contribution in [0, 0.1) is 0 Å². The Morgan fingerprint density at radius 3 is 2.45 bits per heavy atom. The summed E-state index contributed by atoms with van der Waals surface area (Å²) in [5.74, 6) is -0.352. The molecule has 0 saturated carbocycles. The molecule has 110 valence electrons. The Hall–Kier alpha value is -1.26. The number of rotatable bonds is 6. The molecule has 0 atom stereocenters. The molecule has 0 fully saturated rings. The van der Waals surface area contributed by atoms with Crippen LogP contribution in [-0.4, -0.2) is 36.3 Å². The molecule has 1 rings (SSSR count). The lowest BCUT2D eigenvalue weighted by Gasteiger charge is -2.18. The number of benzene rings is 1. The molecule has 1 aromatic rings. The first-order valence-corrected chi connectivity index (χ1v) is 7.21. The zero-order valence-corrected chi connectivity index (χ0v) is 13.1. The molecule has 0 spiro atoms. The van der Waals surface area contributed by atoms with Crippen LogP contribution < -0.4 is 5.32 Å². The van der Waals surface area contributed by atoms with E-state index in [0.29, 0.717) is 28.7 Å². The highest BCUT2D eigenvalue weighted by Gasteiger charge is 2.12. The molecular formula is C14H18Cl2N2O2. The summed E-state index contributed by atoms with van der Waals surface area (Å²) in [6.45, 7) is 5.05. The number of hydrogen-bond donors (Lipinski definition) is 1. The summed E-state index contributed by atoms with van der Waals surface area (Å²) in [5.41, 5.74) is 0.645. The molecule has 0 aliphatic carbocycles. The quantitative estimate of drug-likeness (QED) is 0.876. The van der Waals surface area contributed by atoms with Crippen LogP contribution in [0.25, 0.3) is 0 Å². The highest BCUT2D eigenvalue weighted by molar-refractivity contribution is 6.33. The molecule has 0 aliphatic rings. The minimum absolute atomic E-state index is 0.00129. The highest BCUT2D eigenvalue weighted by Crippen LogP contribution is 2.20. The molecule has 1 aromatic carbocycles. The SMILES string of the molecule is CCN(CC)C(=O)CNC(=O)Cc1cc(Cl)ccc1Cl. The minimum Gasteiger partial charge on any atom is -0.347 e. The van der Waals surface area contributed by atoms with E-state index in [0.717, 1.165) is 0 Å². The minimum atomic E-state index is -0.255. The number of nitrogens with one attached hydrogen (secondary N) is 1. The number of hydrogen-bond acceptors (Lipinski definition) is 2. The van der Waals surface area contributed by atoms with E-state index in [2.05, 4.69) is 5.32 Å². The van der Waals surface area contributed by atoms with Gasteiger partial charge in [0.25, 0.3) is 0 Å². The third kappa shape index (κ3) is 5.02. The summed E-state index contributed by atoms with van der Waals surface area (Å²) in [6, 6.07) is 4.96. The molecule has 1 N–H and O–H groups in total. The number of nitrogens with zero attached hydrogens (tertiary/aromatic N) is 1. The van der Waals surface area contributed by atoms with Crippen molar-refractivity contribution in [2.75, 3.05) is 19.6 Å². The van der Waals surface area contributed by atoms with E-state index in [4.69, 9.17) is 23.2 Å². The van der Waals surface area contributed by atoms with Crippen molar-refractivity contribution in [1.29, 1.82) is 0 Å². The molecule has 0 radical (unpaired) electrons. The van der Waals surface area contributed by atoms with Gasteiger partial charge in [-0.3, -0.25) is 9.59 Å². The number of carbonyl (C=O) groups is 2. The van der Waals surface area contributed by atoms with Gasteiger partial charge in [0.15, 0.2) is 0 Å². The zero-order chi connectivity index (χ0) is 15.1. The first-order chi connectivity index (χ1) is 9.47. The maximum atomic E-state index is 11.8. The van der Waals surface area contributed by atoms with Crippen LogP contribution in [0.4, 0.5) is 0 Å². The predicted octanol–water partition coefficient (Wildman–Crippen LogP) is 2.52. The summed E-state index contributed by atoms with van der Waals surface area (Å²) >= 11 is 11.8. The highest BCUT2D eigenvalue weighted by atomic mass is 35.5. The predicted molar refractivity (Wildman–Crippen MR) is 81.1 cm³/mol. The lowest BCUT2D eigenvalue weighted by molar-refractivity contribution is -0.132. The lowest BCUT2D eigenvalue weighted by Crippen LogP contribution is -2.40. The van der Waals surface area contributed by atoms with Gasteiger partial charge in [0.2, 0.25) is 11.8 Å². The van der Waals surface area contributed by atoms with Crippen molar-refractivity contribution in [1.82, 2.24) is 10.2 Å². The second-order valence-electron chi connectivity index (χ2n) is 4.26. The van der Waals surface area contributed by atoms with Gasteiger partial charge in [-0.25, -0.2) is 0 Å². The van der Waals surface area contributed by atoms with Crippen LogP contribution in [-0.2, 0) is 16.0 Å². The molecule has 20 heavy (non-hydrogen) atoms. The van der Waals surface area contributed by atoms with E-state index in [1.165, 1.54) is 0 Å². The Morgan fingerprint density at radius 2 is 1.85 bits per heavy atom. The molecule has 4 nitrogen and oxygen atoms in total. The van der Waals surface area contributed by atoms with Gasteiger partial charge in [0.1, 0.15) is 0 Å². The van der Waals surface area contributed by atoms with Gasteiger partial charge >= 0.3 is 0 Å². The van der Waals surface area contributed by atoms with E-state index in [-0.39, 0.29) is 24.8 Å².